The number of rotatable bonds is 6. The van der Waals surface area contributed by atoms with Crippen molar-refractivity contribution in [2.75, 3.05) is 13.2 Å². The Hall–Kier alpha value is -0.870. The molecule has 0 saturated carbocycles. The summed E-state index contributed by atoms with van der Waals surface area (Å²) in [6.45, 7) is 7.11. The van der Waals surface area contributed by atoms with Gasteiger partial charge in [0.05, 0.1) is 24.9 Å². The molecule has 2 aliphatic rings. The normalized spacial score (nSPS) is 34.6. The Morgan fingerprint density at radius 1 is 1.73 bits per heavy atom. The van der Waals surface area contributed by atoms with Crippen LogP contribution in [0, 0.1) is 5.92 Å². The average molecular weight is 212 g/mol. The molecule has 3 unspecified atom stereocenters. The molecule has 4 heteroatoms. The van der Waals surface area contributed by atoms with Crippen LogP contribution in [0.5, 0.6) is 0 Å². The molecule has 0 bridgehead atoms. The van der Waals surface area contributed by atoms with Crippen molar-refractivity contribution in [3.63, 3.8) is 0 Å². The lowest BCUT2D eigenvalue weighted by Crippen LogP contribution is -2.20. The summed E-state index contributed by atoms with van der Waals surface area (Å²) < 4.78 is 10.4. The fraction of sp³-hybridized carbons (Fsp3) is 0.727. The summed E-state index contributed by atoms with van der Waals surface area (Å²) in [5, 5.41) is 8.92. The molecule has 0 radical (unpaired) electrons. The molecule has 2 aliphatic heterocycles. The Morgan fingerprint density at radius 3 is 2.73 bits per heavy atom. The van der Waals surface area contributed by atoms with Gasteiger partial charge < -0.3 is 14.6 Å². The molecule has 0 spiro atoms. The molecule has 1 N–H and O–H groups in total. The van der Waals surface area contributed by atoms with Gasteiger partial charge in [0, 0.05) is 5.57 Å². The summed E-state index contributed by atoms with van der Waals surface area (Å²) >= 11 is 0. The monoisotopic (exact) mass is 212 g/mol. The Bertz CT molecular complexity index is 289. The van der Waals surface area contributed by atoms with E-state index in [2.05, 4.69) is 6.58 Å². The van der Waals surface area contributed by atoms with Gasteiger partial charge in [-0.15, -0.1) is 0 Å². The summed E-state index contributed by atoms with van der Waals surface area (Å²) in [4.78, 5) is 10.9. The van der Waals surface area contributed by atoms with Crippen molar-refractivity contribution in [1.29, 1.82) is 0 Å². The van der Waals surface area contributed by atoms with Gasteiger partial charge in [0.2, 0.25) is 0 Å². The van der Waals surface area contributed by atoms with E-state index in [0.717, 1.165) is 26.1 Å². The van der Waals surface area contributed by atoms with Crippen molar-refractivity contribution in [2.24, 2.45) is 5.92 Å². The Kier molecular flexibility index (Phi) is 2.56. The smallest absolute Gasteiger partial charge is 0.331 e. The molecule has 2 saturated heterocycles. The number of aliphatic carboxylic acids is 1. The van der Waals surface area contributed by atoms with E-state index in [4.69, 9.17) is 14.6 Å². The highest BCUT2D eigenvalue weighted by atomic mass is 16.6. The molecule has 2 rings (SSSR count). The van der Waals surface area contributed by atoms with Gasteiger partial charge in [0.1, 0.15) is 0 Å². The molecule has 15 heavy (non-hydrogen) atoms. The molecule has 3 atom stereocenters. The van der Waals surface area contributed by atoms with E-state index in [1.54, 1.807) is 0 Å². The van der Waals surface area contributed by atoms with Gasteiger partial charge in [-0.05, 0) is 25.7 Å². The largest absolute Gasteiger partial charge is 0.478 e. The molecule has 0 aromatic carbocycles. The van der Waals surface area contributed by atoms with Crippen LogP contribution in [0.2, 0.25) is 0 Å². The fourth-order valence-corrected chi connectivity index (χ4v) is 1.81. The number of carbonyl (C=O) groups is 1. The third-order valence-corrected chi connectivity index (χ3v) is 3.03. The SMILES string of the molecule is C=C(C(=O)O)C(CC1CO1)CC1(C)CO1. The maximum absolute atomic E-state index is 10.9. The van der Waals surface area contributed by atoms with E-state index in [-0.39, 0.29) is 23.2 Å². The Morgan fingerprint density at radius 2 is 2.33 bits per heavy atom. The first-order chi connectivity index (χ1) is 7.00. The molecule has 84 valence electrons. The van der Waals surface area contributed by atoms with Crippen molar-refractivity contribution < 1.29 is 19.4 Å². The van der Waals surface area contributed by atoms with Crippen LogP contribution < -0.4 is 0 Å². The second-order valence-corrected chi connectivity index (χ2v) is 4.66. The minimum atomic E-state index is -0.912. The van der Waals surface area contributed by atoms with Crippen LogP contribution in [-0.2, 0) is 14.3 Å². The van der Waals surface area contributed by atoms with Crippen LogP contribution >= 0.6 is 0 Å². The number of ether oxygens (including phenoxy) is 2. The maximum Gasteiger partial charge on any atom is 0.331 e. The standard InChI is InChI=1S/C11H16O4/c1-7(10(12)13)8(3-9-5-14-9)4-11(2)6-15-11/h8-9H,1,3-6H2,2H3,(H,12,13). The molecule has 0 aliphatic carbocycles. The highest BCUT2D eigenvalue weighted by Crippen LogP contribution is 2.38. The van der Waals surface area contributed by atoms with Crippen molar-refractivity contribution in [1.82, 2.24) is 0 Å². The average Bonchev–Trinajstić information content (AvgIpc) is 3.03. The highest BCUT2D eigenvalue weighted by molar-refractivity contribution is 5.86. The van der Waals surface area contributed by atoms with Crippen LogP contribution in [-0.4, -0.2) is 36.0 Å². The summed E-state index contributed by atoms with van der Waals surface area (Å²) in [5.74, 6) is -0.938. The van der Waals surface area contributed by atoms with Crippen molar-refractivity contribution in [2.45, 2.75) is 31.5 Å². The molecule has 0 aromatic rings. The zero-order valence-corrected chi connectivity index (χ0v) is 8.86. The molecule has 2 fully saturated rings. The van der Waals surface area contributed by atoms with E-state index in [9.17, 15) is 4.79 Å². The summed E-state index contributed by atoms with van der Waals surface area (Å²) in [6, 6.07) is 0. The van der Waals surface area contributed by atoms with Gasteiger partial charge in [0.15, 0.2) is 0 Å². The molecule has 0 aromatic heterocycles. The number of hydrogen-bond donors (Lipinski definition) is 1. The second kappa shape index (κ2) is 3.61. The van der Waals surface area contributed by atoms with Crippen LogP contribution in [0.3, 0.4) is 0 Å². The predicted molar refractivity (Wildman–Crippen MR) is 53.6 cm³/mol. The second-order valence-electron chi connectivity index (χ2n) is 4.66. The minimum Gasteiger partial charge on any atom is -0.478 e. The van der Waals surface area contributed by atoms with Gasteiger partial charge >= 0.3 is 5.97 Å². The molecule has 0 amide bonds. The lowest BCUT2D eigenvalue weighted by Gasteiger charge is -2.17. The van der Waals surface area contributed by atoms with Crippen LogP contribution in [0.4, 0.5) is 0 Å². The van der Waals surface area contributed by atoms with Crippen molar-refractivity contribution in [3.8, 4) is 0 Å². The number of hydrogen-bond acceptors (Lipinski definition) is 3. The zero-order valence-electron chi connectivity index (χ0n) is 8.86. The number of carboxylic acids is 1. The predicted octanol–water partition coefficient (Wildman–Crippen LogP) is 1.21. The zero-order chi connectivity index (χ0) is 11.1. The third-order valence-electron chi connectivity index (χ3n) is 3.03. The Balaban J connectivity index is 1.94. The maximum atomic E-state index is 10.9. The van der Waals surface area contributed by atoms with E-state index in [1.807, 2.05) is 6.92 Å². The van der Waals surface area contributed by atoms with Crippen molar-refractivity contribution >= 4 is 5.97 Å². The lowest BCUT2D eigenvalue weighted by molar-refractivity contribution is -0.133. The van der Waals surface area contributed by atoms with Gasteiger partial charge in [-0.25, -0.2) is 4.79 Å². The molecule has 2 heterocycles. The molecular weight excluding hydrogens is 196 g/mol. The number of carboxylic acid groups (broad SMARTS) is 1. The van der Waals surface area contributed by atoms with Gasteiger partial charge in [0.25, 0.3) is 0 Å². The van der Waals surface area contributed by atoms with Crippen molar-refractivity contribution in [3.05, 3.63) is 12.2 Å². The highest BCUT2D eigenvalue weighted by Gasteiger charge is 2.43. The van der Waals surface area contributed by atoms with E-state index < -0.39 is 5.97 Å². The minimum absolute atomic E-state index is 0.0255. The quantitative estimate of drug-likeness (QED) is 0.531. The van der Waals surface area contributed by atoms with Gasteiger partial charge in [-0.3, -0.25) is 0 Å². The first-order valence-electron chi connectivity index (χ1n) is 5.18. The Labute approximate surface area is 88.9 Å². The van der Waals surface area contributed by atoms with Crippen LogP contribution in [0.25, 0.3) is 0 Å². The van der Waals surface area contributed by atoms with E-state index >= 15 is 0 Å². The molecular formula is C11H16O4. The van der Waals surface area contributed by atoms with E-state index in [0.29, 0.717) is 0 Å². The number of epoxide rings is 2. The summed E-state index contributed by atoms with van der Waals surface area (Å²) in [6.07, 6.45) is 1.72. The summed E-state index contributed by atoms with van der Waals surface area (Å²) in [7, 11) is 0. The van der Waals surface area contributed by atoms with Crippen LogP contribution in [0.15, 0.2) is 12.2 Å². The molecule has 4 nitrogen and oxygen atoms in total. The first kappa shape index (κ1) is 10.6. The lowest BCUT2D eigenvalue weighted by atomic mass is 9.86. The van der Waals surface area contributed by atoms with Crippen LogP contribution in [0.1, 0.15) is 19.8 Å². The fourth-order valence-electron chi connectivity index (χ4n) is 1.81. The summed E-state index contributed by atoms with van der Waals surface area (Å²) in [5.41, 5.74) is 0.153. The third kappa shape index (κ3) is 2.79. The topological polar surface area (TPSA) is 62.4 Å². The van der Waals surface area contributed by atoms with Gasteiger partial charge in [-0.1, -0.05) is 6.58 Å². The first-order valence-corrected chi connectivity index (χ1v) is 5.18. The van der Waals surface area contributed by atoms with E-state index in [1.165, 1.54) is 0 Å². The van der Waals surface area contributed by atoms with Gasteiger partial charge in [-0.2, -0.15) is 0 Å².